The molecule has 86 valence electrons. The van der Waals surface area contributed by atoms with Crippen LogP contribution in [0.1, 0.15) is 19.8 Å². The summed E-state index contributed by atoms with van der Waals surface area (Å²) < 4.78 is 56.8. The lowest BCUT2D eigenvalue weighted by Gasteiger charge is -2.10. The molecule has 0 heterocycles. The molecule has 2 radical (unpaired) electrons. The van der Waals surface area contributed by atoms with Crippen molar-refractivity contribution in [2.75, 3.05) is 6.61 Å². The van der Waals surface area contributed by atoms with Gasteiger partial charge in [0.2, 0.25) is 11.6 Å². The number of rotatable bonds is 4. The molecule has 0 aliphatic carbocycles. The Hall–Kier alpha value is -1.20. The maximum atomic E-state index is 13.1. The van der Waals surface area contributed by atoms with E-state index in [-0.39, 0.29) is 6.61 Å². The molecule has 0 atom stereocenters. The van der Waals surface area contributed by atoms with E-state index in [4.69, 9.17) is 7.85 Å². The molecule has 0 saturated heterocycles. The van der Waals surface area contributed by atoms with Crippen LogP contribution in [-0.2, 0) is 0 Å². The molecule has 0 N–H and O–H groups in total. The van der Waals surface area contributed by atoms with Crippen LogP contribution in [0.25, 0.3) is 0 Å². The van der Waals surface area contributed by atoms with Crippen LogP contribution in [0.15, 0.2) is 0 Å². The van der Waals surface area contributed by atoms with Crippen molar-refractivity contribution < 1.29 is 22.3 Å². The topological polar surface area (TPSA) is 9.23 Å². The monoisotopic (exact) mass is 232 g/mol. The van der Waals surface area contributed by atoms with Crippen LogP contribution in [0.2, 0.25) is 0 Å². The zero-order valence-corrected chi connectivity index (χ0v) is 8.62. The minimum atomic E-state index is -1.63. The second-order valence-electron chi connectivity index (χ2n) is 3.20. The van der Waals surface area contributed by atoms with Crippen LogP contribution < -0.4 is 10.2 Å². The Morgan fingerprint density at radius 1 is 1.00 bits per heavy atom. The summed E-state index contributed by atoms with van der Waals surface area (Å²) in [5.74, 6) is -7.53. The predicted molar refractivity (Wildman–Crippen MR) is 52.1 cm³/mol. The molecule has 0 aliphatic heterocycles. The van der Waals surface area contributed by atoms with Gasteiger partial charge in [0, 0.05) is 0 Å². The van der Waals surface area contributed by atoms with E-state index in [9.17, 15) is 17.6 Å². The molecule has 0 bridgehead atoms. The maximum absolute atomic E-state index is 13.1. The van der Waals surface area contributed by atoms with E-state index in [0.29, 0.717) is 6.42 Å². The van der Waals surface area contributed by atoms with Crippen molar-refractivity contribution in [3.63, 3.8) is 0 Å². The summed E-state index contributed by atoms with van der Waals surface area (Å²) in [6.07, 6.45) is 1.25. The van der Waals surface area contributed by atoms with Gasteiger partial charge in [-0.15, -0.1) is 0 Å². The minimum Gasteiger partial charge on any atom is -0.487 e. The van der Waals surface area contributed by atoms with Gasteiger partial charge in [0.25, 0.3) is 0 Å². The van der Waals surface area contributed by atoms with Gasteiger partial charge in [-0.25, -0.2) is 8.78 Å². The van der Waals surface area contributed by atoms with E-state index < -0.39 is 34.5 Å². The molecule has 0 amide bonds. The fraction of sp³-hybridized carbons (Fsp3) is 0.400. The zero-order valence-electron chi connectivity index (χ0n) is 8.62. The molecule has 16 heavy (non-hydrogen) atoms. The van der Waals surface area contributed by atoms with E-state index in [1.165, 1.54) is 0 Å². The highest BCUT2D eigenvalue weighted by atomic mass is 19.2. The highest BCUT2D eigenvalue weighted by molar-refractivity contribution is 6.32. The van der Waals surface area contributed by atoms with Crippen molar-refractivity contribution in [3.05, 3.63) is 23.3 Å². The van der Waals surface area contributed by atoms with Crippen LogP contribution >= 0.6 is 0 Å². The van der Waals surface area contributed by atoms with Crippen LogP contribution in [0, 0.1) is 23.3 Å². The smallest absolute Gasteiger partial charge is 0.203 e. The van der Waals surface area contributed by atoms with E-state index in [2.05, 4.69) is 4.74 Å². The summed E-state index contributed by atoms with van der Waals surface area (Å²) in [5, 5.41) is 0. The molecule has 1 rings (SSSR count). The van der Waals surface area contributed by atoms with Gasteiger partial charge in [-0.2, -0.15) is 8.78 Å². The Kier molecular flexibility index (Phi) is 4.21. The third kappa shape index (κ3) is 2.31. The van der Waals surface area contributed by atoms with Gasteiger partial charge in [0.05, 0.1) is 6.61 Å². The molecule has 0 fully saturated rings. The van der Waals surface area contributed by atoms with E-state index in [1.54, 1.807) is 0 Å². The van der Waals surface area contributed by atoms with Gasteiger partial charge < -0.3 is 4.74 Å². The average Bonchev–Trinajstić information content (AvgIpc) is 2.28. The zero-order chi connectivity index (χ0) is 12.3. The highest BCUT2D eigenvalue weighted by Gasteiger charge is 2.23. The van der Waals surface area contributed by atoms with Crippen LogP contribution in [0.5, 0.6) is 5.75 Å². The molecule has 0 unspecified atom stereocenters. The normalized spacial score (nSPS) is 10.6. The first-order valence-corrected chi connectivity index (χ1v) is 4.74. The summed E-state index contributed by atoms with van der Waals surface area (Å²) in [5.41, 5.74) is -1.18. The minimum absolute atomic E-state index is 0.0207. The van der Waals surface area contributed by atoms with Gasteiger partial charge in [0.1, 0.15) is 7.85 Å². The first kappa shape index (κ1) is 12.9. The van der Waals surface area contributed by atoms with Crippen LogP contribution in [0.4, 0.5) is 17.6 Å². The number of unbranched alkanes of at least 4 members (excludes halogenated alkanes) is 1. The molecule has 0 aliphatic rings. The van der Waals surface area contributed by atoms with Crippen molar-refractivity contribution >= 4 is 13.3 Å². The quantitative estimate of drug-likeness (QED) is 0.334. The third-order valence-electron chi connectivity index (χ3n) is 2.00. The molecule has 1 aromatic carbocycles. The van der Waals surface area contributed by atoms with E-state index >= 15 is 0 Å². The molecule has 6 heteroatoms. The van der Waals surface area contributed by atoms with Gasteiger partial charge in [-0.3, -0.25) is 0 Å². The largest absolute Gasteiger partial charge is 0.487 e. The first-order valence-electron chi connectivity index (χ1n) is 4.74. The predicted octanol–water partition coefficient (Wildman–Crippen LogP) is 2.22. The second-order valence-corrected chi connectivity index (χ2v) is 3.20. The standard InChI is InChI=1S/C10H9BF4O/c1-2-3-4-16-10-8(14)6(12)5(11)7(13)9(10)15/h2-4H2,1H3. The Balaban J connectivity index is 3.08. The van der Waals surface area contributed by atoms with Crippen molar-refractivity contribution in [3.8, 4) is 5.75 Å². The number of hydrogen-bond donors (Lipinski definition) is 0. The van der Waals surface area contributed by atoms with Crippen molar-refractivity contribution in [1.29, 1.82) is 0 Å². The van der Waals surface area contributed by atoms with E-state index in [0.717, 1.165) is 6.42 Å². The number of benzene rings is 1. The summed E-state index contributed by atoms with van der Waals surface area (Å²) in [6.45, 7) is 1.81. The summed E-state index contributed by atoms with van der Waals surface area (Å²) >= 11 is 0. The summed E-state index contributed by atoms with van der Waals surface area (Å²) in [7, 11) is 4.82. The Labute approximate surface area is 91.8 Å². The summed E-state index contributed by atoms with van der Waals surface area (Å²) in [4.78, 5) is 0. The number of hydrogen-bond acceptors (Lipinski definition) is 1. The highest BCUT2D eigenvalue weighted by Crippen LogP contribution is 2.25. The Bertz CT molecular complexity index is 366. The molecule has 0 saturated carbocycles. The third-order valence-corrected chi connectivity index (χ3v) is 2.00. The SMILES string of the molecule is [B]c1c(F)c(F)c(OCCCC)c(F)c1F. The van der Waals surface area contributed by atoms with Crippen molar-refractivity contribution in [2.45, 2.75) is 19.8 Å². The van der Waals surface area contributed by atoms with Crippen molar-refractivity contribution in [2.24, 2.45) is 0 Å². The summed E-state index contributed by atoms with van der Waals surface area (Å²) in [6, 6.07) is 0. The second kappa shape index (κ2) is 5.23. The molecule has 1 aromatic rings. The first-order chi connectivity index (χ1) is 7.50. The average molecular weight is 232 g/mol. The Morgan fingerprint density at radius 3 is 1.94 bits per heavy atom. The maximum Gasteiger partial charge on any atom is 0.203 e. The van der Waals surface area contributed by atoms with Gasteiger partial charge in [0.15, 0.2) is 17.4 Å². The van der Waals surface area contributed by atoms with Crippen molar-refractivity contribution in [1.82, 2.24) is 0 Å². The number of ether oxygens (including phenoxy) is 1. The lowest BCUT2D eigenvalue weighted by atomic mass is 9.94. The molecule has 0 spiro atoms. The van der Waals surface area contributed by atoms with Gasteiger partial charge in [-0.05, 0) is 11.9 Å². The van der Waals surface area contributed by atoms with Crippen LogP contribution in [-0.4, -0.2) is 14.5 Å². The van der Waals surface area contributed by atoms with Gasteiger partial charge in [-0.1, -0.05) is 13.3 Å². The lowest BCUT2D eigenvalue weighted by molar-refractivity contribution is 0.267. The lowest BCUT2D eigenvalue weighted by Crippen LogP contribution is -2.20. The molecule has 0 aromatic heterocycles. The van der Waals surface area contributed by atoms with Crippen LogP contribution in [0.3, 0.4) is 0 Å². The molecular formula is C10H9BF4O. The fourth-order valence-electron chi connectivity index (χ4n) is 1.07. The fourth-order valence-corrected chi connectivity index (χ4v) is 1.07. The van der Waals surface area contributed by atoms with E-state index in [1.807, 2.05) is 6.92 Å². The number of halogens is 4. The molecular weight excluding hydrogens is 223 g/mol. The molecule has 1 nitrogen and oxygen atoms in total. The van der Waals surface area contributed by atoms with Gasteiger partial charge >= 0.3 is 0 Å². The Morgan fingerprint density at radius 2 is 1.50 bits per heavy atom.